The van der Waals surface area contributed by atoms with Gasteiger partial charge in [0.1, 0.15) is 5.75 Å². The van der Waals surface area contributed by atoms with E-state index in [1.54, 1.807) is 25.1 Å². The monoisotopic (exact) mass is 195 g/mol. The quantitative estimate of drug-likeness (QED) is 0.740. The highest BCUT2D eigenvalue weighted by molar-refractivity contribution is 5.26. The molecular weight excluding hydrogens is 180 g/mol. The van der Waals surface area contributed by atoms with Gasteiger partial charge in [0, 0.05) is 6.42 Å². The smallest absolute Gasteiger partial charge is 0.119 e. The second-order valence-corrected chi connectivity index (χ2v) is 3.19. The molecule has 0 spiro atoms. The summed E-state index contributed by atoms with van der Waals surface area (Å²) >= 11 is 0. The molecule has 0 saturated heterocycles. The molecule has 0 aromatic heterocycles. The van der Waals surface area contributed by atoms with E-state index in [1.165, 1.54) is 0 Å². The third-order valence-corrected chi connectivity index (χ3v) is 1.81. The summed E-state index contributed by atoms with van der Waals surface area (Å²) in [6, 6.07) is 8.11. The highest BCUT2D eigenvalue weighted by Gasteiger charge is 1.98. The summed E-state index contributed by atoms with van der Waals surface area (Å²) in [7, 11) is 0. The van der Waals surface area contributed by atoms with E-state index in [4.69, 9.17) is 14.9 Å². The Morgan fingerprint density at radius 1 is 1.57 bits per heavy atom. The van der Waals surface area contributed by atoms with Crippen molar-refractivity contribution in [2.24, 2.45) is 0 Å². The molecule has 1 atom stereocenters. The lowest BCUT2D eigenvalue weighted by Gasteiger charge is -2.08. The van der Waals surface area contributed by atoms with Crippen molar-refractivity contribution in [3.8, 4) is 5.75 Å². The van der Waals surface area contributed by atoms with Gasteiger partial charge >= 0.3 is 0 Å². The maximum atomic E-state index is 9.00. The molecule has 3 heteroatoms. The lowest BCUT2D eigenvalue weighted by Crippen LogP contribution is -2.07. The van der Waals surface area contributed by atoms with Crippen LogP contribution in [0.25, 0.3) is 0 Å². The van der Waals surface area contributed by atoms with Gasteiger partial charge in [0.05, 0.1) is 19.3 Å². The standard InChI is InChI=1S/C11H15O3/c1-9(13)5-6-14-11-4-2-3-10(7-11)8-12/h2,4,7,9,12-13H,5-6,8H2,1H3. The van der Waals surface area contributed by atoms with Gasteiger partial charge in [-0.1, -0.05) is 6.07 Å². The van der Waals surface area contributed by atoms with E-state index in [0.717, 1.165) is 0 Å². The lowest BCUT2D eigenvalue weighted by molar-refractivity contribution is 0.155. The number of aliphatic hydroxyl groups excluding tert-OH is 2. The van der Waals surface area contributed by atoms with E-state index in [-0.39, 0.29) is 12.7 Å². The van der Waals surface area contributed by atoms with E-state index in [9.17, 15) is 0 Å². The molecule has 0 amide bonds. The van der Waals surface area contributed by atoms with Crippen LogP contribution in [0, 0.1) is 6.07 Å². The van der Waals surface area contributed by atoms with Gasteiger partial charge < -0.3 is 14.9 Å². The van der Waals surface area contributed by atoms with Crippen LogP contribution >= 0.6 is 0 Å². The van der Waals surface area contributed by atoms with Gasteiger partial charge in [0.2, 0.25) is 0 Å². The summed E-state index contributed by atoms with van der Waals surface area (Å²) in [5.41, 5.74) is 0.708. The minimum absolute atomic E-state index is 0.0341. The molecule has 2 N–H and O–H groups in total. The van der Waals surface area contributed by atoms with Crippen molar-refractivity contribution in [3.63, 3.8) is 0 Å². The molecule has 0 heterocycles. The van der Waals surface area contributed by atoms with Crippen LogP contribution in [-0.4, -0.2) is 22.9 Å². The van der Waals surface area contributed by atoms with Gasteiger partial charge in [-0.05, 0) is 30.7 Å². The second-order valence-electron chi connectivity index (χ2n) is 3.19. The summed E-state index contributed by atoms with van der Waals surface area (Å²) in [5.74, 6) is 0.702. The Labute approximate surface area is 84.0 Å². The summed E-state index contributed by atoms with van der Waals surface area (Å²) in [5, 5.41) is 17.9. The SMILES string of the molecule is CC(O)CCOc1cc[c]c(CO)c1. The van der Waals surface area contributed by atoms with Gasteiger partial charge in [0.15, 0.2) is 0 Å². The maximum absolute atomic E-state index is 9.00. The number of rotatable bonds is 5. The molecule has 0 fully saturated rings. The number of aliphatic hydroxyl groups is 2. The molecule has 0 aliphatic carbocycles. The highest BCUT2D eigenvalue weighted by atomic mass is 16.5. The van der Waals surface area contributed by atoms with Gasteiger partial charge in [-0.15, -0.1) is 0 Å². The van der Waals surface area contributed by atoms with Crippen molar-refractivity contribution in [1.29, 1.82) is 0 Å². The van der Waals surface area contributed by atoms with Crippen LogP contribution in [0.5, 0.6) is 5.75 Å². The second kappa shape index (κ2) is 5.62. The Morgan fingerprint density at radius 2 is 2.36 bits per heavy atom. The molecular formula is C11H15O3. The summed E-state index contributed by atoms with van der Waals surface area (Å²) in [6.07, 6.45) is 0.259. The average Bonchev–Trinajstić information content (AvgIpc) is 2.18. The Balaban J connectivity index is 2.42. The molecule has 1 radical (unpaired) electrons. The van der Waals surface area contributed by atoms with E-state index >= 15 is 0 Å². The summed E-state index contributed by atoms with van der Waals surface area (Å²) < 4.78 is 5.37. The van der Waals surface area contributed by atoms with E-state index in [2.05, 4.69) is 6.07 Å². The molecule has 0 bridgehead atoms. The molecule has 0 aliphatic rings. The zero-order valence-electron chi connectivity index (χ0n) is 8.23. The zero-order chi connectivity index (χ0) is 10.4. The van der Waals surface area contributed by atoms with Crippen molar-refractivity contribution < 1.29 is 14.9 Å². The van der Waals surface area contributed by atoms with Crippen molar-refractivity contribution >= 4 is 0 Å². The third kappa shape index (κ3) is 3.77. The van der Waals surface area contributed by atoms with Crippen LogP contribution < -0.4 is 4.74 Å². The van der Waals surface area contributed by atoms with Crippen LogP contribution in [-0.2, 0) is 6.61 Å². The van der Waals surface area contributed by atoms with Crippen molar-refractivity contribution in [2.75, 3.05) is 6.61 Å². The first-order valence-electron chi connectivity index (χ1n) is 4.64. The molecule has 14 heavy (non-hydrogen) atoms. The summed E-state index contributed by atoms with van der Waals surface area (Å²) in [6.45, 7) is 2.17. The van der Waals surface area contributed by atoms with Crippen LogP contribution in [0.15, 0.2) is 18.2 Å². The van der Waals surface area contributed by atoms with Crippen molar-refractivity contribution in [1.82, 2.24) is 0 Å². The molecule has 1 aromatic rings. The minimum atomic E-state index is -0.345. The molecule has 1 aromatic carbocycles. The Kier molecular flexibility index (Phi) is 4.43. The largest absolute Gasteiger partial charge is 0.493 e. The van der Waals surface area contributed by atoms with Crippen molar-refractivity contribution in [3.05, 3.63) is 29.8 Å². The van der Waals surface area contributed by atoms with E-state index in [1.807, 2.05) is 0 Å². The first-order chi connectivity index (χ1) is 6.72. The molecule has 0 aliphatic heterocycles. The van der Waals surface area contributed by atoms with Gasteiger partial charge in [-0.25, -0.2) is 0 Å². The predicted molar refractivity (Wildman–Crippen MR) is 53.0 cm³/mol. The number of benzene rings is 1. The molecule has 1 rings (SSSR count). The fraction of sp³-hybridized carbons (Fsp3) is 0.455. The van der Waals surface area contributed by atoms with Crippen molar-refractivity contribution in [2.45, 2.75) is 26.1 Å². The normalized spacial score (nSPS) is 12.5. The lowest BCUT2D eigenvalue weighted by atomic mass is 10.2. The van der Waals surface area contributed by atoms with Gasteiger partial charge in [0.25, 0.3) is 0 Å². The fourth-order valence-corrected chi connectivity index (χ4v) is 1.02. The summed E-state index contributed by atoms with van der Waals surface area (Å²) in [4.78, 5) is 0. The average molecular weight is 195 g/mol. The number of hydrogen-bond acceptors (Lipinski definition) is 3. The topological polar surface area (TPSA) is 49.7 Å². The fourth-order valence-electron chi connectivity index (χ4n) is 1.02. The number of ether oxygens (including phenoxy) is 1. The maximum Gasteiger partial charge on any atom is 0.119 e. The van der Waals surface area contributed by atoms with Crippen LogP contribution in [0.2, 0.25) is 0 Å². The first-order valence-corrected chi connectivity index (χ1v) is 4.64. The van der Waals surface area contributed by atoms with Crippen LogP contribution in [0.1, 0.15) is 18.9 Å². The zero-order valence-corrected chi connectivity index (χ0v) is 8.23. The van der Waals surface area contributed by atoms with E-state index < -0.39 is 0 Å². The predicted octanol–water partition coefficient (Wildman–Crippen LogP) is 1.13. The minimum Gasteiger partial charge on any atom is -0.493 e. The van der Waals surface area contributed by atoms with Crippen LogP contribution in [0.4, 0.5) is 0 Å². The van der Waals surface area contributed by atoms with E-state index in [0.29, 0.717) is 24.3 Å². The van der Waals surface area contributed by atoms with Gasteiger partial charge in [-0.2, -0.15) is 0 Å². The molecule has 3 nitrogen and oxygen atoms in total. The Hall–Kier alpha value is -1.06. The van der Waals surface area contributed by atoms with Gasteiger partial charge in [-0.3, -0.25) is 0 Å². The Bertz CT molecular complexity index is 271. The third-order valence-electron chi connectivity index (χ3n) is 1.81. The van der Waals surface area contributed by atoms with Crippen LogP contribution in [0.3, 0.4) is 0 Å². The number of hydrogen-bond donors (Lipinski definition) is 2. The molecule has 77 valence electrons. The Morgan fingerprint density at radius 3 is 3.00 bits per heavy atom. The molecule has 0 saturated carbocycles. The highest BCUT2D eigenvalue weighted by Crippen LogP contribution is 2.13. The first kappa shape index (κ1) is 11.0. The molecule has 1 unspecified atom stereocenters.